The standard InChI is InChI=1S/C36H46N10O/c1-42-17-15-28(16-18-42)38-24-32(26-7-5-4-6-8-26)40-36(47)34-31-14-9-27-23-37-25-39-33(27)35(31)46(41-34)44(3)29-10-12-30(13-11-29)45-21-19-43(2)20-22-45/h4-8,10-13,23,25,28,32,38H,9,14-22,24H2,1-3H3,(H,40,47)/t32-/m1/s1. The molecule has 1 atom stereocenters. The Balaban J connectivity index is 1.17. The minimum Gasteiger partial charge on any atom is -0.369 e. The highest BCUT2D eigenvalue weighted by atomic mass is 16.2. The van der Waals surface area contributed by atoms with Gasteiger partial charge in [-0.1, -0.05) is 30.3 Å². The number of hydrogen-bond donors (Lipinski definition) is 2. The van der Waals surface area contributed by atoms with Crippen LogP contribution in [-0.2, 0) is 12.8 Å². The summed E-state index contributed by atoms with van der Waals surface area (Å²) < 4.78 is 0. The summed E-state index contributed by atoms with van der Waals surface area (Å²) >= 11 is 0. The van der Waals surface area contributed by atoms with Crippen LogP contribution in [0.3, 0.4) is 0 Å². The van der Waals surface area contributed by atoms with Gasteiger partial charge in [-0.15, -0.1) is 5.10 Å². The van der Waals surface area contributed by atoms with Gasteiger partial charge in [-0.2, -0.15) is 4.79 Å². The number of likely N-dealkylation sites (tertiary alicyclic amines) is 1. The maximum atomic E-state index is 14.2. The zero-order valence-electron chi connectivity index (χ0n) is 27.8. The van der Waals surface area contributed by atoms with Crippen molar-refractivity contribution in [2.75, 3.05) is 76.9 Å². The summed E-state index contributed by atoms with van der Waals surface area (Å²) in [6, 6.07) is 19.1. The van der Waals surface area contributed by atoms with Gasteiger partial charge in [0, 0.05) is 63.3 Å². The number of nitrogens with zero attached hydrogens (tertiary/aromatic N) is 8. The van der Waals surface area contributed by atoms with Crippen molar-refractivity contribution in [2.24, 2.45) is 0 Å². The van der Waals surface area contributed by atoms with Crippen molar-refractivity contribution in [1.29, 1.82) is 0 Å². The smallest absolute Gasteiger partial charge is 0.272 e. The predicted molar refractivity (Wildman–Crippen MR) is 186 cm³/mol. The number of fused-ring (bicyclic) bond motifs is 3. The molecule has 11 nitrogen and oxygen atoms in total. The summed E-state index contributed by atoms with van der Waals surface area (Å²) in [6.07, 6.45) is 7.13. The molecule has 3 aliphatic rings. The van der Waals surface area contributed by atoms with E-state index in [1.54, 1.807) is 6.33 Å². The Bertz CT molecular complexity index is 1660. The SMILES string of the molecule is CN1CCC(NC[C@@H](NC(=O)c2nn(N(C)c3ccc(N4CCN(C)CC4)cc3)c3c2CCc2cncnc2-3)c2ccccc2)CC1. The maximum Gasteiger partial charge on any atom is 0.272 e. The van der Waals surface area contributed by atoms with Crippen molar-refractivity contribution in [1.82, 2.24) is 40.3 Å². The van der Waals surface area contributed by atoms with Gasteiger partial charge in [0.2, 0.25) is 0 Å². The molecule has 2 aromatic heterocycles. The molecule has 2 N–H and O–H groups in total. The number of piperazine rings is 1. The third-order valence-corrected chi connectivity index (χ3v) is 10.1. The Kier molecular flexibility index (Phi) is 9.19. The van der Waals surface area contributed by atoms with Crippen molar-refractivity contribution < 1.29 is 4.79 Å². The molecular formula is C36H46N10O. The monoisotopic (exact) mass is 634 g/mol. The van der Waals surface area contributed by atoms with Crippen LogP contribution in [0.5, 0.6) is 0 Å². The Hall–Kier alpha value is -4.32. The molecule has 0 bridgehead atoms. The summed E-state index contributed by atoms with van der Waals surface area (Å²) in [4.78, 5) is 32.2. The first-order valence-electron chi connectivity index (χ1n) is 16.9. The molecule has 1 amide bonds. The van der Waals surface area contributed by atoms with Crippen LogP contribution >= 0.6 is 0 Å². The van der Waals surface area contributed by atoms with Crippen molar-refractivity contribution >= 4 is 17.3 Å². The number of piperidine rings is 1. The summed E-state index contributed by atoms with van der Waals surface area (Å²) in [5, 5.41) is 14.1. The van der Waals surface area contributed by atoms with E-state index in [2.05, 4.69) is 80.8 Å². The van der Waals surface area contributed by atoms with Crippen LogP contribution in [0.1, 0.15) is 46.1 Å². The summed E-state index contributed by atoms with van der Waals surface area (Å²) in [6.45, 7) is 6.98. The second-order valence-electron chi connectivity index (χ2n) is 13.2. The predicted octanol–water partition coefficient (Wildman–Crippen LogP) is 3.24. The fourth-order valence-corrected chi connectivity index (χ4v) is 7.04. The molecule has 0 radical (unpaired) electrons. The number of rotatable bonds is 9. The molecule has 0 unspecified atom stereocenters. The van der Waals surface area contributed by atoms with Gasteiger partial charge < -0.3 is 25.3 Å². The van der Waals surface area contributed by atoms with Gasteiger partial charge in [-0.25, -0.2) is 9.97 Å². The van der Waals surface area contributed by atoms with E-state index in [4.69, 9.17) is 10.1 Å². The summed E-state index contributed by atoms with van der Waals surface area (Å²) in [7, 11) is 6.34. The number of aryl methyl sites for hydroxylation is 1. The zero-order chi connectivity index (χ0) is 32.3. The number of hydrogen-bond acceptors (Lipinski definition) is 9. The number of carbonyl (C=O) groups excluding carboxylic acids is 1. The largest absolute Gasteiger partial charge is 0.369 e. The number of carbonyl (C=O) groups is 1. The molecule has 0 spiro atoms. The van der Waals surface area contributed by atoms with Crippen LogP contribution in [0.4, 0.5) is 11.4 Å². The molecule has 47 heavy (non-hydrogen) atoms. The van der Waals surface area contributed by atoms with Crippen LogP contribution in [0.15, 0.2) is 67.1 Å². The van der Waals surface area contributed by atoms with Gasteiger partial charge in [-0.3, -0.25) is 9.80 Å². The van der Waals surface area contributed by atoms with Crippen LogP contribution < -0.4 is 20.5 Å². The Labute approximate surface area is 277 Å². The molecule has 7 rings (SSSR count). The van der Waals surface area contributed by atoms with Crippen molar-refractivity contribution in [3.8, 4) is 11.4 Å². The van der Waals surface area contributed by atoms with E-state index in [-0.39, 0.29) is 11.9 Å². The van der Waals surface area contributed by atoms with E-state index in [0.717, 1.165) is 92.3 Å². The lowest BCUT2D eigenvalue weighted by Gasteiger charge is -2.34. The number of nitrogens with one attached hydrogen (secondary N) is 2. The lowest BCUT2D eigenvalue weighted by molar-refractivity contribution is 0.0927. The summed E-state index contributed by atoms with van der Waals surface area (Å²) in [5.74, 6) is -0.171. The third-order valence-electron chi connectivity index (χ3n) is 10.1. The van der Waals surface area contributed by atoms with Gasteiger partial charge in [0.1, 0.15) is 12.0 Å². The zero-order valence-corrected chi connectivity index (χ0v) is 27.8. The highest BCUT2D eigenvalue weighted by molar-refractivity contribution is 5.96. The first-order chi connectivity index (χ1) is 22.9. The first kappa shape index (κ1) is 31.3. The Morgan fingerprint density at radius 1 is 0.936 bits per heavy atom. The molecule has 2 aromatic carbocycles. The van der Waals surface area contributed by atoms with Crippen molar-refractivity contribution in [3.63, 3.8) is 0 Å². The first-order valence-corrected chi connectivity index (χ1v) is 16.9. The topological polar surface area (TPSA) is 97.7 Å². The minimum atomic E-state index is -0.192. The molecule has 2 saturated heterocycles. The van der Waals surface area contributed by atoms with Gasteiger partial charge >= 0.3 is 0 Å². The summed E-state index contributed by atoms with van der Waals surface area (Å²) in [5.41, 5.74) is 7.39. The quantitative estimate of drug-likeness (QED) is 0.288. The molecule has 4 aromatic rings. The van der Waals surface area contributed by atoms with E-state index >= 15 is 0 Å². The van der Waals surface area contributed by atoms with E-state index in [0.29, 0.717) is 24.7 Å². The number of aromatic nitrogens is 4. The van der Waals surface area contributed by atoms with Crippen LogP contribution in [0.25, 0.3) is 11.4 Å². The van der Waals surface area contributed by atoms with Gasteiger partial charge in [0.05, 0.1) is 17.4 Å². The van der Waals surface area contributed by atoms with Gasteiger partial charge in [-0.05, 0) is 88.3 Å². The lowest BCUT2D eigenvalue weighted by atomic mass is 9.93. The van der Waals surface area contributed by atoms with Gasteiger partial charge in [0.15, 0.2) is 5.69 Å². The fraction of sp³-hybridized carbons (Fsp3) is 0.444. The van der Waals surface area contributed by atoms with E-state index in [9.17, 15) is 4.79 Å². The molecular weight excluding hydrogens is 588 g/mol. The second kappa shape index (κ2) is 13.8. The third kappa shape index (κ3) is 6.74. The number of amides is 1. The Morgan fingerprint density at radius 2 is 1.66 bits per heavy atom. The van der Waals surface area contributed by atoms with Crippen molar-refractivity contribution in [3.05, 3.63) is 89.5 Å². The highest BCUT2D eigenvalue weighted by Crippen LogP contribution is 2.35. The molecule has 1 aliphatic carbocycles. The van der Waals surface area contributed by atoms with Crippen LogP contribution in [0, 0.1) is 0 Å². The average Bonchev–Trinajstić information content (AvgIpc) is 3.52. The maximum absolute atomic E-state index is 14.2. The van der Waals surface area contributed by atoms with Crippen LogP contribution in [0.2, 0.25) is 0 Å². The molecule has 11 heteroatoms. The number of anilines is 2. The minimum absolute atomic E-state index is 0.171. The van der Waals surface area contributed by atoms with E-state index in [1.807, 2.05) is 41.2 Å². The van der Waals surface area contributed by atoms with Crippen molar-refractivity contribution in [2.45, 2.75) is 37.8 Å². The lowest BCUT2D eigenvalue weighted by Crippen LogP contribution is -2.44. The molecule has 4 heterocycles. The molecule has 246 valence electrons. The molecule has 2 aliphatic heterocycles. The van der Waals surface area contributed by atoms with Crippen LogP contribution in [-0.4, -0.2) is 109 Å². The van der Waals surface area contributed by atoms with Gasteiger partial charge in [0.25, 0.3) is 5.91 Å². The van der Waals surface area contributed by atoms with E-state index in [1.165, 1.54) is 5.69 Å². The second-order valence-corrected chi connectivity index (χ2v) is 13.2. The molecule has 0 saturated carbocycles. The Morgan fingerprint density at radius 3 is 2.40 bits per heavy atom. The molecule has 2 fully saturated rings. The highest BCUT2D eigenvalue weighted by Gasteiger charge is 2.32. The average molecular weight is 635 g/mol. The fourth-order valence-electron chi connectivity index (χ4n) is 7.04. The normalized spacial score (nSPS) is 18.0. The number of likely N-dealkylation sites (N-methyl/N-ethyl adjacent to an activating group) is 1. The van der Waals surface area contributed by atoms with E-state index < -0.39 is 0 Å². The number of benzene rings is 2.